The highest BCUT2D eigenvalue weighted by molar-refractivity contribution is 9.10. The largest absolute Gasteiger partial charge is 0.462 e. The van der Waals surface area contributed by atoms with E-state index in [1.54, 1.807) is 19.2 Å². The summed E-state index contributed by atoms with van der Waals surface area (Å²) in [4.78, 5) is 17.1. The molecular weight excluding hydrogens is 338 g/mol. The van der Waals surface area contributed by atoms with E-state index in [9.17, 15) is 4.79 Å². The molecule has 0 aliphatic carbocycles. The van der Waals surface area contributed by atoms with Gasteiger partial charge in [-0.25, -0.2) is 9.78 Å². The fourth-order valence-electron chi connectivity index (χ4n) is 1.40. The molecule has 0 aliphatic rings. The summed E-state index contributed by atoms with van der Waals surface area (Å²) in [5.41, 5.74) is 0.927. The van der Waals surface area contributed by atoms with Gasteiger partial charge in [-0.1, -0.05) is 11.6 Å². The van der Waals surface area contributed by atoms with Gasteiger partial charge in [0.15, 0.2) is 0 Å². The minimum atomic E-state index is -0.319. The Kier molecular flexibility index (Phi) is 4.37. The van der Waals surface area contributed by atoms with Crippen molar-refractivity contribution in [2.45, 2.75) is 6.92 Å². The van der Waals surface area contributed by atoms with E-state index in [4.69, 9.17) is 16.3 Å². The van der Waals surface area contributed by atoms with Crippen LogP contribution in [0.2, 0.25) is 5.15 Å². The van der Waals surface area contributed by atoms with Crippen molar-refractivity contribution in [3.8, 4) is 10.4 Å². The van der Waals surface area contributed by atoms with Crippen LogP contribution in [0.25, 0.3) is 10.4 Å². The Labute approximate surface area is 122 Å². The summed E-state index contributed by atoms with van der Waals surface area (Å²) >= 11 is 10.6. The Morgan fingerprint density at radius 2 is 2.33 bits per heavy atom. The van der Waals surface area contributed by atoms with Gasteiger partial charge in [0.25, 0.3) is 0 Å². The van der Waals surface area contributed by atoms with E-state index in [-0.39, 0.29) is 5.97 Å². The molecule has 2 aromatic rings. The molecule has 0 aliphatic heterocycles. The lowest BCUT2D eigenvalue weighted by molar-refractivity contribution is 0.0531. The maximum atomic E-state index is 11.7. The quantitative estimate of drug-likeness (QED) is 0.610. The first kappa shape index (κ1) is 13.5. The Morgan fingerprint density at radius 3 is 3.00 bits per heavy atom. The number of ether oxygens (including phenoxy) is 1. The Morgan fingerprint density at radius 1 is 1.56 bits per heavy atom. The summed E-state index contributed by atoms with van der Waals surface area (Å²) in [6.07, 6.45) is 1.63. The van der Waals surface area contributed by atoms with E-state index in [0.29, 0.717) is 16.6 Å². The highest BCUT2D eigenvalue weighted by Crippen LogP contribution is 2.35. The fraction of sp³-hybridized carbons (Fsp3) is 0.167. The maximum Gasteiger partial charge on any atom is 0.349 e. The van der Waals surface area contributed by atoms with Gasteiger partial charge in [-0.3, -0.25) is 0 Å². The van der Waals surface area contributed by atoms with Gasteiger partial charge in [0.1, 0.15) is 10.0 Å². The molecule has 0 fully saturated rings. The van der Waals surface area contributed by atoms with E-state index in [0.717, 1.165) is 14.9 Å². The molecule has 2 heterocycles. The second kappa shape index (κ2) is 5.82. The van der Waals surface area contributed by atoms with E-state index < -0.39 is 0 Å². The predicted molar refractivity (Wildman–Crippen MR) is 76.2 cm³/mol. The Hall–Kier alpha value is -0.910. The molecule has 0 amide bonds. The van der Waals surface area contributed by atoms with Gasteiger partial charge in [-0.2, -0.15) is 0 Å². The summed E-state index contributed by atoms with van der Waals surface area (Å²) in [6.45, 7) is 2.14. The minimum Gasteiger partial charge on any atom is -0.462 e. The van der Waals surface area contributed by atoms with Crippen LogP contribution in [0.4, 0.5) is 0 Å². The molecule has 94 valence electrons. The molecule has 2 aromatic heterocycles. The normalized spacial score (nSPS) is 10.4. The molecule has 0 radical (unpaired) electrons. The summed E-state index contributed by atoms with van der Waals surface area (Å²) in [6, 6.07) is 5.48. The number of rotatable bonds is 3. The fourth-order valence-corrected chi connectivity index (χ4v) is 3.30. The van der Waals surface area contributed by atoms with Crippen LogP contribution in [-0.2, 0) is 4.74 Å². The van der Waals surface area contributed by atoms with Crippen LogP contribution in [0.1, 0.15) is 16.6 Å². The third kappa shape index (κ3) is 2.91. The lowest BCUT2D eigenvalue weighted by atomic mass is 10.2. The third-order valence-corrected chi connectivity index (χ3v) is 4.42. The molecule has 0 saturated heterocycles. The number of thiophene rings is 1. The molecule has 0 atom stereocenters. The van der Waals surface area contributed by atoms with Crippen LogP contribution < -0.4 is 0 Å². The topological polar surface area (TPSA) is 39.2 Å². The molecule has 0 N–H and O–H groups in total. The first-order valence-electron chi connectivity index (χ1n) is 5.20. The summed E-state index contributed by atoms with van der Waals surface area (Å²) < 4.78 is 5.72. The van der Waals surface area contributed by atoms with Gasteiger partial charge in [-0.05, 0) is 46.6 Å². The number of carbonyl (C=O) groups excluding carboxylic acids is 1. The molecule has 6 heteroatoms. The average Bonchev–Trinajstić information content (AvgIpc) is 2.72. The number of hydrogen-bond acceptors (Lipinski definition) is 4. The number of carbonyl (C=O) groups is 1. The zero-order valence-electron chi connectivity index (χ0n) is 9.44. The Balaban J connectivity index is 2.37. The highest BCUT2D eigenvalue weighted by Gasteiger charge is 2.16. The van der Waals surface area contributed by atoms with Crippen LogP contribution in [-0.4, -0.2) is 17.6 Å². The van der Waals surface area contributed by atoms with Crippen molar-refractivity contribution in [2.24, 2.45) is 0 Å². The van der Waals surface area contributed by atoms with Gasteiger partial charge in [0.2, 0.25) is 0 Å². The highest BCUT2D eigenvalue weighted by atomic mass is 79.9. The molecule has 0 spiro atoms. The lowest BCUT2D eigenvalue weighted by Gasteiger charge is -1.98. The first-order chi connectivity index (χ1) is 8.61. The van der Waals surface area contributed by atoms with Gasteiger partial charge in [0.05, 0.1) is 6.61 Å². The third-order valence-electron chi connectivity index (χ3n) is 2.16. The molecule has 0 unspecified atom stereocenters. The Bertz CT molecular complexity index is 585. The van der Waals surface area contributed by atoms with Gasteiger partial charge >= 0.3 is 5.97 Å². The number of aromatic nitrogens is 1. The lowest BCUT2D eigenvalue weighted by Crippen LogP contribution is -2.02. The van der Waals surface area contributed by atoms with Crippen molar-refractivity contribution in [3.05, 3.63) is 38.9 Å². The molecule has 2 rings (SSSR count). The van der Waals surface area contributed by atoms with Crippen molar-refractivity contribution >= 4 is 44.8 Å². The van der Waals surface area contributed by atoms with E-state index >= 15 is 0 Å². The van der Waals surface area contributed by atoms with Crippen LogP contribution in [0.3, 0.4) is 0 Å². The molecule has 0 saturated carbocycles. The van der Waals surface area contributed by atoms with Crippen LogP contribution >= 0.6 is 38.9 Å². The van der Waals surface area contributed by atoms with Crippen molar-refractivity contribution in [2.75, 3.05) is 6.61 Å². The predicted octanol–water partition coefficient (Wildman–Crippen LogP) is 4.40. The van der Waals surface area contributed by atoms with E-state index in [1.165, 1.54) is 11.3 Å². The van der Waals surface area contributed by atoms with Gasteiger partial charge < -0.3 is 4.74 Å². The number of hydrogen-bond donors (Lipinski definition) is 0. The number of pyridine rings is 1. The zero-order valence-corrected chi connectivity index (χ0v) is 12.6. The molecular formula is C12H9BrClNO2S. The number of nitrogens with zero attached hydrogens (tertiary/aromatic N) is 1. The second-order valence-electron chi connectivity index (χ2n) is 3.38. The van der Waals surface area contributed by atoms with Crippen LogP contribution in [0.15, 0.2) is 28.9 Å². The van der Waals surface area contributed by atoms with Crippen molar-refractivity contribution in [1.82, 2.24) is 4.98 Å². The molecule has 0 bridgehead atoms. The molecule has 3 nitrogen and oxygen atoms in total. The van der Waals surface area contributed by atoms with Crippen LogP contribution in [0, 0.1) is 0 Å². The van der Waals surface area contributed by atoms with Gasteiger partial charge in [0, 0.05) is 15.5 Å². The smallest absolute Gasteiger partial charge is 0.349 e. The number of esters is 1. The van der Waals surface area contributed by atoms with Crippen molar-refractivity contribution in [1.29, 1.82) is 0 Å². The maximum absolute atomic E-state index is 11.7. The van der Waals surface area contributed by atoms with E-state index in [2.05, 4.69) is 20.9 Å². The molecule has 18 heavy (non-hydrogen) atoms. The number of halogens is 2. The minimum absolute atomic E-state index is 0.319. The second-order valence-corrected chi connectivity index (χ2v) is 5.67. The average molecular weight is 347 g/mol. The standard InChI is InChI=1S/C12H9BrClNO2S/c1-2-17-12(16)11-8(13)6-9(18-11)7-3-4-15-10(14)5-7/h3-6H,2H2,1H3. The first-order valence-corrected chi connectivity index (χ1v) is 7.19. The van der Waals surface area contributed by atoms with E-state index in [1.807, 2.05) is 12.1 Å². The zero-order chi connectivity index (χ0) is 13.1. The molecule has 0 aromatic carbocycles. The monoisotopic (exact) mass is 345 g/mol. The summed E-state index contributed by atoms with van der Waals surface area (Å²) in [7, 11) is 0. The van der Waals surface area contributed by atoms with Gasteiger partial charge in [-0.15, -0.1) is 11.3 Å². The summed E-state index contributed by atoms with van der Waals surface area (Å²) in [5, 5.41) is 0.426. The van der Waals surface area contributed by atoms with Crippen molar-refractivity contribution < 1.29 is 9.53 Å². The summed E-state index contributed by atoms with van der Waals surface area (Å²) in [5.74, 6) is -0.319. The van der Waals surface area contributed by atoms with Crippen molar-refractivity contribution in [3.63, 3.8) is 0 Å². The SMILES string of the molecule is CCOC(=O)c1sc(-c2ccnc(Cl)c2)cc1Br. The van der Waals surface area contributed by atoms with Crippen LogP contribution in [0.5, 0.6) is 0 Å².